The topological polar surface area (TPSA) is 116 Å². The molecule has 1 amide bonds. The van der Waals surface area contributed by atoms with Crippen LogP contribution in [-0.4, -0.2) is 55.8 Å². The van der Waals surface area contributed by atoms with E-state index in [-0.39, 0.29) is 12.3 Å². The summed E-state index contributed by atoms with van der Waals surface area (Å²) < 4.78 is 21.1. The molecule has 31 heavy (non-hydrogen) atoms. The first-order chi connectivity index (χ1) is 14.9. The number of aromatic nitrogens is 1. The van der Waals surface area contributed by atoms with Crippen LogP contribution in [-0.2, 0) is 20.7 Å². The van der Waals surface area contributed by atoms with Crippen molar-refractivity contribution in [2.24, 2.45) is 0 Å². The van der Waals surface area contributed by atoms with Crippen LogP contribution in [0.3, 0.4) is 0 Å². The molecule has 1 aromatic heterocycles. The number of rotatable bonds is 8. The van der Waals surface area contributed by atoms with Crippen LogP contribution in [0.5, 0.6) is 11.5 Å². The van der Waals surface area contributed by atoms with E-state index in [1.807, 2.05) is 18.2 Å². The van der Waals surface area contributed by atoms with Crippen molar-refractivity contribution in [1.82, 2.24) is 10.3 Å². The summed E-state index contributed by atoms with van der Waals surface area (Å²) in [5.41, 5.74) is 2.36. The summed E-state index contributed by atoms with van der Waals surface area (Å²) in [4.78, 5) is 39.2. The lowest BCUT2D eigenvalue weighted by molar-refractivity contribution is -0.124. The van der Waals surface area contributed by atoms with E-state index in [0.29, 0.717) is 54.5 Å². The Bertz CT molecular complexity index is 980. The Labute approximate surface area is 180 Å². The van der Waals surface area contributed by atoms with Gasteiger partial charge in [-0.3, -0.25) is 4.79 Å². The predicted molar refractivity (Wildman–Crippen MR) is 111 cm³/mol. The Hall–Kier alpha value is -3.49. The number of hydrogen-bond acceptors (Lipinski definition) is 7. The maximum absolute atomic E-state index is 12.3. The van der Waals surface area contributed by atoms with Crippen molar-refractivity contribution in [3.63, 3.8) is 0 Å². The van der Waals surface area contributed by atoms with Crippen LogP contribution in [0.2, 0.25) is 0 Å². The van der Waals surface area contributed by atoms with E-state index < -0.39 is 24.5 Å². The zero-order valence-electron chi connectivity index (χ0n) is 17.8. The van der Waals surface area contributed by atoms with E-state index in [2.05, 4.69) is 10.3 Å². The van der Waals surface area contributed by atoms with Crippen molar-refractivity contribution in [2.45, 2.75) is 27.2 Å². The number of carbonyl (C=O) groups is 3. The van der Waals surface area contributed by atoms with E-state index in [4.69, 9.17) is 18.9 Å². The number of H-pyrrole nitrogens is 1. The molecule has 0 atom stereocenters. The minimum Gasteiger partial charge on any atom is -0.486 e. The van der Waals surface area contributed by atoms with Crippen LogP contribution in [0.25, 0.3) is 0 Å². The Kier molecular flexibility index (Phi) is 7.17. The largest absolute Gasteiger partial charge is 0.486 e. The van der Waals surface area contributed by atoms with Gasteiger partial charge in [-0.15, -0.1) is 0 Å². The first-order valence-electron chi connectivity index (χ1n) is 10.1. The van der Waals surface area contributed by atoms with Gasteiger partial charge in [0.05, 0.1) is 12.2 Å². The molecule has 1 aliphatic rings. The van der Waals surface area contributed by atoms with Crippen LogP contribution in [0, 0.1) is 13.8 Å². The van der Waals surface area contributed by atoms with Gasteiger partial charge < -0.3 is 29.2 Å². The number of ether oxygens (including phenoxy) is 4. The number of nitrogens with one attached hydrogen (secondary N) is 2. The highest BCUT2D eigenvalue weighted by Gasteiger charge is 2.24. The summed E-state index contributed by atoms with van der Waals surface area (Å²) in [6.07, 6.45) is 0.591. The number of aryl methyl sites for hydroxylation is 1. The van der Waals surface area contributed by atoms with E-state index >= 15 is 0 Å². The Balaban J connectivity index is 1.47. The highest BCUT2D eigenvalue weighted by molar-refractivity contribution is 5.99. The number of fused-ring (bicyclic) bond motifs is 1. The predicted octanol–water partition coefficient (Wildman–Crippen LogP) is 2.10. The fourth-order valence-corrected chi connectivity index (χ4v) is 3.31. The van der Waals surface area contributed by atoms with E-state index in [1.165, 1.54) is 0 Å². The van der Waals surface area contributed by atoms with Gasteiger partial charge in [0.15, 0.2) is 18.1 Å². The molecule has 0 unspecified atom stereocenters. The molecule has 3 rings (SSSR count). The molecule has 2 N–H and O–H groups in total. The molecule has 166 valence electrons. The van der Waals surface area contributed by atoms with Crippen LogP contribution in [0.15, 0.2) is 18.2 Å². The third-order valence-electron chi connectivity index (χ3n) is 4.80. The summed E-state index contributed by atoms with van der Waals surface area (Å²) >= 11 is 0. The number of hydrogen-bond donors (Lipinski definition) is 2. The maximum Gasteiger partial charge on any atom is 0.355 e. The van der Waals surface area contributed by atoms with Gasteiger partial charge >= 0.3 is 11.9 Å². The van der Waals surface area contributed by atoms with Crippen LogP contribution >= 0.6 is 0 Å². The third-order valence-corrected chi connectivity index (χ3v) is 4.80. The SMILES string of the molecule is CCOC(=O)c1c(C)[nH]c(C(=O)OCC(=O)NCCc2ccc3c(c2)OCCO3)c1C. The molecule has 0 radical (unpaired) electrons. The minimum absolute atomic E-state index is 0.129. The Morgan fingerprint density at radius 2 is 1.81 bits per heavy atom. The van der Waals surface area contributed by atoms with Crippen molar-refractivity contribution in [3.8, 4) is 11.5 Å². The Morgan fingerprint density at radius 3 is 2.55 bits per heavy atom. The summed E-state index contributed by atoms with van der Waals surface area (Å²) in [5, 5.41) is 2.71. The average molecular weight is 430 g/mol. The molecular weight excluding hydrogens is 404 g/mol. The number of benzene rings is 1. The maximum atomic E-state index is 12.3. The third kappa shape index (κ3) is 5.36. The molecule has 2 heterocycles. The van der Waals surface area contributed by atoms with Gasteiger partial charge in [0.2, 0.25) is 0 Å². The molecule has 0 aliphatic carbocycles. The highest BCUT2D eigenvalue weighted by Crippen LogP contribution is 2.30. The Morgan fingerprint density at radius 1 is 1.06 bits per heavy atom. The lowest BCUT2D eigenvalue weighted by Gasteiger charge is -2.18. The highest BCUT2D eigenvalue weighted by atomic mass is 16.6. The molecule has 0 saturated carbocycles. The molecule has 0 spiro atoms. The van der Waals surface area contributed by atoms with E-state index in [1.54, 1.807) is 20.8 Å². The second kappa shape index (κ2) is 10.0. The summed E-state index contributed by atoms with van der Waals surface area (Å²) in [6, 6.07) is 5.65. The van der Waals surface area contributed by atoms with E-state index in [9.17, 15) is 14.4 Å². The lowest BCUT2D eigenvalue weighted by atomic mass is 10.1. The summed E-state index contributed by atoms with van der Waals surface area (Å²) in [7, 11) is 0. The smallest absolute Gasteiger partial charge is 0.355 e. The van der Waals surface area contributed by atoms with Gasteiger partial charge in [-0.1, -0.05) is 6.07 Å². The van der Waals surface area contributed by atoms with Crippen LogP contribution in [0.1, 0.15) is 44.6 Å². The molecule has 1 aromatic carbocycles. The second-order valence-corrected chi connectivity index (χ2v) is 7.00. The van der Waals surface area contributed by atoms with Gasteiger partial charge in [-0.25, -0.2) is 9.59 Å². The molecule has 1 aliphatic heterocycles. The van der Waals surface area contributed by atoms with Crippen molar-refractivity contribution < 1.29 is 33.3 Å². The van der Waals surface area contributed by atoms with Crippen LogP contribution in [0.4, 0.5) is 0 Å². The monoisotopic (exact) mass is 430 g/mol. The molecule has 0 saturated heterocycles. The van der Waals surface area contributed by atoms with Gasteiger partial charge in [-0.2, -0.15) is 0 Å². The molecule has 2 aromatic rings. The molecule has 0 fully saturated rings. The van der Waals surface area contributed by atoms with Gasteiger partial charge in [0.25, 0.3) is 5.91 Å². The first kappa shape index (κ1) is 22.2. The zero-order valence-corrected chi connectivity index (χ0v) is 17.8. The van der Waals surface area contributed by atoms with Gasteiger partial charge in [0, 0.05) is 12.2 Å². The normalized spacial score (nSPS) is 12.2. The number of carbonyl (C=O) groups excluding carboxylic acids is 3. The standard InChI is InChI=1S/C22H26N2O7/c1-4-28-21(26)19-13(2)20(24-14(19)3)22(27)31-12-18(25)23-8-7-15-5-6-16-17(11-15)30-10-9-29-16/h5-6,11,24H,4,7-10,12H2,1-3H3,(H,23,25). The average Bonchev–Trinajstić information content (AvgIpc) is 3.06. The quantitative estimate of drug-likeness (QED) is 0.616. The minimum atomic E-state index is -0.710. The van der Waals surface area contributed by atoms with Crippen molar-refractivity contribution >= 4 is 17.8 Å². The van der Waals surface area contributed by atoms with E-state index in [0.717, 1.165) is 5.56 Å². The van der Waals surface area contributed by atoms with Crippen LogP contribution < -0.4 is 14.8 Å². The molecular formula is C22H26N2O7. The molecule has 9 heteroatoms. The molecule has 9 nitrogen and oxygen atoms in total. The summed E-state index contributed by atoms with van der Waals surface area (Å²) in [6.45, 7) is 6.23. The van der Waals surface area contributed by atoms with Crippen molar-refractivity contribution in [1.29, 1.82) is 0 Å². The fourth-order valence-electron chi connectivity index (χ4n) is 3.31. The number of aromatic amines is 1. The first-order valence-corrected chi connectivity index (χ1v) is 10.1. The summed E-state index contributed by atoms with van der Waals surface area (Å²) in [5.74, 6) is -0.227. The lowest BCUT2D eigenvalue weighted by Crippen LogP contribution is -2.30. The zero-order chi connectivity index (χ0) is 22.4. The van der Waals surface area contributed by atoms with Gasteiger partial charge in [0.1, 0.15) is 18.9 Å². The van der Waals surface area contributed by atoms with Gasteiger partial charge in [-0.05, 0) is 50.5 Å². The second-order valence-electron chi connectivity index (χ2n) is 7.00. The fraction of sp³-hybridized carbons (Fsp3) is 0.409. The van der Waals surface area contributed by atoms with Crippen molar-refractivity contribution in [3.05, 3.63) is 46.3 Å². The number of amides is 1. The molecule has 0 bridgehead atoms. The van der Waals surface area contributed by atoms with Crippen molar-refractivity contribution in [2.75, 3.05) is 33.0 Å². The number of esters is 2.